The maximum Gasteiger partial charge on any atom is 0.260 e. The molecular formula is C19H16ClFN6O3. The first-order chi connectivity index (χ1) is 14.4. The predicted octanol–water partition coefficient (Wildman–Crippen LogP) is 3.05. The topological polar surface area (TPSA) is 136 Å². The van der Waals surface area contributed by atoms with E-state index in [0.29, 0.717) is 5.69 Å². The number of halogens is 2. The summed E-state index contributed by atoms with van der Waals surface area (Å²) < 4.78 is 25.2. The van der Waals surface area contributed by atoms with Crippen LogP contribution in [0, 0.1) is 11.2 Å². The lowest BCUT2D eigenvalue weighted by Gasteiger charge is -2.13. The van der Waals surface area contributed by atoms with Gasteiger partial charge in [-0.05, 0) is 24.3 Å². The third kappa shape index (κ3) is 4.61. The van der Waals surface area contributed by atoms with Gasteiger partial charge < -0.3 is 20.5 Å². The molecule has 0 atom stereocenters. The number of nitrogens with two attached hydrogens (primary N) is 1. The van der Waals surface area contributed by atoms with Gasteiger partial charge >= 0.3 is 0 Å². The number of amides is 1. The number of methoxy groups -OCH3 is 1. The molecule has 0 aliphatic carbocycles. The number of ether oxygens (including phenoxy) is 2. The molecule has 11 heteroatoms. The van der Waals surface area contributed by atoms with Gasteiger partial charge in [0.05, 0.1) is 40.8 Å². The molecule has 0 radical (unpaired) electrons. The molecule has 1 aromatic carbocycles. The van der Waals surface area contributed by atoms with Crippen LogP contribution in [-0.4, -0.2) is 33.9 Å². The first kappa shape index (κ1) is 20.9. The normalized spacial score (nSPS) is 10.4. The second-order valence-electron chi connectivity index (χ2n) is 5.87. The highest BCUT2D eigenvalue weighted by Gasteiger charge is 2.21. The van der Waals surface area contributed by atoms with Crippen molar-refractivity contribution in [3.8, 4) is 5.75 Å². The Balaban J connectivity index is 1.83. The number of hydrogen-bond donors (Lipinski definition) is 3. The molecule has 0 saturated carbocycles. The Kier molecular flexibility index (Phi) is 6.38. The molecule has 30 heavy (non-hydrogen) atoms. The monoisotopic (exact) mass is 430 g/mol. The van der Waals surface area contributed by atoms with E-state index in [1.165, 1.54) is 44.0 Å². The minimum absolute atomic E-state index is 0.0213. The summed E-state index contributed by atoms with van der Waals surface area (Å²) in [7, 11) is 1.30. The fourth-order valence-corrected chi connectivity index (χ4v) is 2.67. The summed E-state index contributed by atoms with van der Waals surface area (Å²) in [4.78, 5) is 24.3. The predicted molar refractivity (Wildman–Crippen MR) is 108 cm³/mol. The zero-order valence-electron chi connectivity index (χ0n) is 15.6. The standard InChI is InChI=1S/C19H16ClFN6O3/c1-29-18(23)12-6-11(7-25-17(12)22)27-19(28)15-13(20)2-3-14(16(15)21)30-8-10-4-5-24-9-26-10/h2-7,9,23H,8H2,1H3,(H2,22,25)(H,27,28). The summed E-state index contributed by atoms with van der Waals surface area (Å²) in [5, 5.41) is 10.1. The van der Waals surface area contributed by atoms with Crippen molar-refractivity contribution in [3.05, 3.63) is 70.6 Å². The van der Waals surface area contributed by atoms with Crippen LogP contribution in [0.4, 0.5) is 15.9 Å². The molecule has 3 aromatic rings. The molecule has 0 unspecified atom stereocenters. The quantitative estimate of drug-likeness (QED) is 0.403. The van der Waals surface area contributed by atoms with Gasteiger partial charge in [0, 0.05) is 6.20 Å². The molecular weight excluding hydrogens is 415 g/mol. The molecule has 2 aromatic heterocycles. The minimum atomic E-state index is -0.928. The molecule has 0 aliphatic rings. The third-order valence-electron chi connectivity index (χ3n) is 3.93. The Bertz CT molecular complexity index is 1100. The molecule has 9 nitrogen and oxygen atoms in total. The maximum atomic E-state index is 14.9. The van der Waals surface area contributed by atoms with Gasteiger partial charge in [0.15, 0.2) is 11.6 Å². The van der Waals surface area contributed by atoms with Gasteiger partial charge in [-0.3, -0.25) is 10.2 Å². The van der Waals surface area contributed by atoms with Crippen LogP contribution >= 0.6 is 11.6 Å². The third-order valence-corrected chi connectivity index (χ3v) is 4.24. The molecule has 4 N–H and O–H groups in total. The summed E-state index contributed by atoms with van der Waals surface area (Å²) in [6.45, 7) is -0.0213. The molecule has 3 rings (SSSR count). The van der Waals surface area contributed by atoms with Crippen LogP contribution in [0.25, 0.3) is 0 Å². The second kappa shape index (κ2) is 9.14. The fraction of sp³-hybridized carbons (Fsp3) is 0.105. The van der Waals surface area contributed by atoms with Crippen molar-refractivity contribution in [1.29, 1.82) is 5.41 Å². The Labute approximate surface area is 175 Å². The smallest absolute Gasteiger partial charge is 0.260 e. The maximum absolute atomic E-state index is 14.9. The highest BCUT2D eigenvalue weighted by molar-refractivity contribution is 6.34. The second-order valence-corrected chi connectivity index (χ2v) is 6.28. The van der Waals surface area contributed by atoms with E-state index in [-0.39, 0.29) is 40.3 Å². The highest BCUT2D eigenvalue weighted by Crippen LogP contribution is 2.29. The van der Waals surface area contributed by atoms with Crippen molar-refractivity contribution < 1.29 is 18.7 Å². The van der Waals surface area contributed by atoms with E-state index in [4.69, 9.17) is 32.2 Å². The number of rotatable bonds is 6. The van der Waals surface area contributed by atoms with Crippen LogP contribution in [-0.2, 0) is 11.3 Å². The molecule has 0 spiro atoms. The van der Waals surface area contributed by atoms with Gasteiger partial charge in [-0.1, -0.05) is 11.6 Å². The van der Waals surface area contributed by atoms with Gasteiger partial charge in [0.25, 0.3) is 5.91 Å². The first-order valence-electron chi connectivity index (χ1n) is 8.46. The molecule has 0 fully saturated rings. The van der Waals surface area contributed by atoms with Crippen molar-refractivity contribution in [2.45, 2.75) is 6.61 Å². The summed E-state index contributed by atoms with van der Waals surface area (Å²) >= 11 is 6.04. The van der Waals surface area contributed by atoms with Crippen LogP contribution < -0.4 is 15.8 Å². The van der Waals surface area contributed by atoms with Crippen LogP contribution in [0.2, 0.25) is 5.02 Å². The Morgan fingerprint density at radius 1 is 1.33 bits per heavy atom. The number of aromatic nitrogens is 3. The largest absolute Gasteiger partial charge is 0.484 e. The first-order valence-corrected chi connectivity index (χ1v) is 8.84. The SMILES string of the molecule is COC(=N)c1cc(NC(=O)c2c(Cl)ccc(OCc3ccncn3)c2F)cnc1N. The number of nitrogen functional groups attached to an aromatic ring is 1. The lowest BCUT2D eigenvalue weighted by atomic mass is 10.1. The number of carbonyl (C=O) groups is 1. The van der Waals surface area contributed by atoms with E-state index in [0.717, 1.165) is 0 Å². The Morgan fingerprint density at radius 2 is 2.13 bits per heavy atom. The van der Waals surface area contributed by atoms with E-state index in [1.54, 1.807) is 6.07 Å². The molecule has 2 heterocycles. The van der Waals surface area contributed by atoms with Crippen molar-refractivity contribution >= 4 is 34.9 Å². The fourth-order valence-electron chi connectivity index (χ4n) is 2.44. The van der Waals surface area contributed by atoms with E-state index in [1.807, 2.05) is 0 Å². The number of pyridine rings is 1. The Hall–Kier alpha value is -3.79. The Morgan fingerprint density at radius 3 is 2.83 bits per heavy atom. The molecule has 0 saturated heterocycles. The lowest BCUT2D eigenvalue weighted by Crippen LogP contribution is -2.17. The van der Waals surface area contributed by atoms with Gasteiger partial charge in [0.2, 0.25) is 5.90 Å². The summed E-state index contributed by atoms with van der Waals surface area (Å²) in [5.74, 6) is -2.11. The number of hydrogen-bond acceptors (Lipinski definition) is 8. The molecule has 154 valence electrons. The highest BCUT2D eigenvalue weighted by atomic mass is 35.5. The molecule has 1 amide bonds. The van der Waals surface area contributed by atoms with Crippen LogP contribution in [0.3, 0.4) is 0 Å². The van der Waals surface area contributed by atoms with Crippen molar-refractivity contribution in [3.63, 3.8) is 0 Å². The lowest BCUT2D eigenvalue weighted by molar-refractivity contribution is 0.102. The average molecular weight is 431 g/mol. The zero-order valence-corrected chi connectivity index (χ0v) is 16.4. The van der Waals surface area contributed by atoms with E-state index < -0.39 is 17.3 Å². The molecule has 0 aliphatic heterocycles. The van der Waals surface area contributed by atoms with Crippen molar-refractivity contribution in [2.75, 3.05) is 18.2 Å². The number of nitrogens with zero attached hydrogens (tertiary/aromatic N) is 3. The van der Waals surface area contributed by atoms with Gasteiger partial charge in [-0.15, -0.1) is 0 Å². The van der Waals surface area contributed by atoms with Crippen LogP contribution in [0.1, 0.15) is 21.6 Å². The summed E-state index contributed by atoms with van der Waals surface area (Å²) in [5.41, 5.74) is 6.18. The van der Waals surface area contributed by atoms with Gasteiger partial charge in [0.1, 0.15) is 18.8 Å². The zero-order chi connectivity index (χ0) is 21.7. The van der Waals surface area contributed by atoms with Crippen LogP contribution in [0.15, 0.2) is 43.0 Å². The number of anilines is 2. The van der Waals surface area contributed by atoms with Gasteiger partial charge in [-0.25, -0.2) is 19.3 Å². The van der Waals surface area contributed by atoms with Gasteiger partial charge in [-0.2, -0.15) is 0 Å². The number of benzene rings is 1. The van der Waals surface area contributed by atoms with E-state index >= 15 is 0 Å². The van der Waals surface area contributed by atoms with E-state index in [9.17, 15) is 9.18 Å². The summed E-state index contributed by atoms with van der Waals surface area (Å²) in [6.07, 6.45) is 4.13. The minimum Gasteiger partial charge on any atom is -0.484 e. The van der Waals surface area contributed by atoms with E-state index in [2.05, 4.69) is 20.3 Å². The van der Waals surface area contributed by atoms with Crippen molar-refractivity contribution in [2.24, 2.45) is 0 Å². The van der Waals surface area contributed by atoms with Crippen LogP contribution in [0.5, 0.6) is 5.75 Å². The molecule has 0 bridgehead atoms. The average Bonchev–Trinajstić information content (AvgIpc) is 2.74. The number of nitrogens with one attached hydrogen (secondary N) is 2. The number of carbonyl (C=O) groups excluding carboxylic acids is 1. The summed E-state index contributed by atoms with van der Waals surface area (Å²) in [6, 6.07) is 5.67. The van der Waals surface area contributed by atoms with Crippen molar-refractivity contribution in [1.82, 2.24) is 15.0 Å².